The highest BCUT2D eigenvalue weighted by atomic mass is 16.6. The molecule has 47 heavy (non-hydrogen) atoms. The molecule has 1 amide bonds. The largest absolute Gasteiger partial charge is 0.457 e. The highest BCUT2D eigenvalue weighted by molar-refractivity contribution is 5.71. The van der Waals surface area contributed by atoms with Crippen molar-refractivity contribution < 1.29 is 48.7 Å². The fourth-order valence-electron chi connectivity index (χ4n) is 6.26. The Morgan fingerprint density at radius 1 is 1.26 bits per heavy atom. The second-order valence-electron chi connectivity index (χ2n) is 13.8. The number of rotatable bonds is 10. The number of cyclic esters (lactones) is 1. The third-order valence-corrected chi connectivity index (χ3v) is 9.33. The van der Waals surface area contributed by atoms with Gasteiger partial charge in [0.05, 0.1) is 36.4 Å². The normalized spacial score (nSPS) is 34.2. The van der Waals surface area contributed by atoms with Crippen LogP contribution in [0.5, 0.6) is 0 Å². The molecule has 0 aromatic rings. The molecule has 3 aliphatic rings. The monoisotopic (exact) mass is 664 g/mol. The minimum Gasteiger partial charge on any atom is -0.457 e. The van der Waals surface area contributed by atoms with Gasteiger partial charge in [-0.15, -0.1) is 0 Å². The summed E-state index contributed by atoms with van der Waals surface area (Å²) < 4.78 is 23.3. The number of aliphatic hydroxyl groups excluding tert-OH is 2. The van der Waals surface area contributed by atoms with Crippen LogP contribution in [0.15, 0.2) is 36.0 Å². The number of ether oxygens (including phenoxy) is 4. The van der Waals surface area contributed by atoms with Crippen molar-refractivity contribution in [3.8, 4) is 0 Å². The fraction of sp³-hybridized carbons (Fsp3) is 0.743. The Labute approximate surface area is 279 Å². The first-order valence-corrected chi connectivity index (χ1v) is 16.9. The first-order chi connectivity index (χ1) is 22.0. The van der Waals surface area contributed by atoms with Crippen molar-refractivity contribution in [1.29, 1.82) is 0 Å². The van der Waals surface area contributed by atoms with E-state index >= 15 is 0 Å². The molecule has 3 heterocycles. The number of carbonyl (C=O) groups excluding carboxylic acids is 3. The third kappa shape index (κ3) is 11.7. The van der Waals surface area contributed by atoms with Crippen molar-refractivity contribution >= 4 is 18.0 Å². The summed E-state index contributed by atoms with van der Waals surface area (Å²) in [6, 6.07) is 0. The summed E-state index contributed by atoms with van der Waals surface area (Å²) in [5, 5.41) is 35.1. The van der Waals surface area contributed by atoms with Gasteiger partial charge < -0.3 is 44.5 Å². The number of hydrogen-bond donors (Lipinski definition) is 4. The average Bonchev–Trinajstić information content (AvgIpc) is 3.77. The van der Waals surface area contributed by atoms with Crippen molar-refractivity contribution in [3.63, 3.8) is 0 Å². The van der Waals surface area contributed by atoms with E-state index in [2.05, 4.69) is 5.32 Å². The van der Waals surface area contributed by atoms with Gasteiger partial charge in [-0.2, -0.15) is 0 Å². The number of hydrogen-bond acceptors (Lipinski definition) is 11. The van der Waals surface area contributed by atoms with Gasteiger partial charge in [-0.1, -0.05) is 45.1 Å². The minimum absolute atomic E-state index is 0.0205. The average molecular weight is 665 g/mol. The molecule has 0 saturated carbocycles. The van der Waals surface area contributed by atoms with E-state index in [1.807, 2.05) is 27.7 Å². The first-order valence-electron chi connectivity index (χ1n) is 16.9. The van der Waals surface area contributed by atoms with Crippen molar-refractivity contribution in [3.05, 3.63) is 36.0 Å². The Balaban J connectivity index is 1.82. The molecule has 0 spiro atoms. The predicted octanol–water partition coefficient (Wildman–Crippen LogP) is 3.19. The number of amides is 1. The summed E-state index contributed by atoms with van der Waals surface area (Å²) >= 11 is 0. The van der Waals surface area contributed by atoms with E-state index in [9.17, 15) is 29.7 Å². The summed E-state index contributed by atoms with van der Waals surface area (Å²) in [6.45, 7) is 14.4. The molecular formula is C35H56N2O10. The highest BCUT2D eigenvalue weighted by Crippen LogP contribution is 2.37. The van der Waals surface area contributed by atoms with Crippen molar-refractivity contribution in [1.82, 2.24) is 10.2 Å². The topological polar surface area (TPSA) is 167 Å². The maximum absolute atomic E-state index is 13.2. The van der Waals surface area contributed by atoms with Crippen LogP contribution in [0.1, 0.15) is 80.6 Å². The van der Waals surface area contributed by atoms with E-state index in [-0.39, 0.29) is 37.4 Å². The highest BCUT2D eigenvalue weighted by Gasteiger charge is 2.47. The number of esters is 2. The fourth-order valence-corrected chi connectivity index (χ4v) is 6.26. The Morgan fingerprint density at radius 2 is 1.94 bits per heavy atom. The molecule has 3 aliphatic heterocycles. The van der Waals surface area contributed by atoms with Gasteiger partial charge in [-0.05, 0) is 51.7 Å². The van der Waals surface area contributed by atoms with Crippen LogP contribution in [0.25, 0.3) is 0 Å². The van der Waals surface area contributed by atoms with Gasteiger partial charge >= 0.3 is 18.0 Å². The minimum atomic E-state index is -1.30. The Kier molecular flexibility index (Phi) is 14.0. The standard InChI is InChI=1S/C35H56N2O10/c1-8-27(40)24(4)32-28(44-32)21-34(6,43)14-9-10-22(2)31-23(3)11-12-29(45-33(42)37-18-16-36-17-19-37)35(7,47-25(5)38)15-13-26(39)20-30(41)46-31/h9-12,14,23-24,26-29,31-32,36,39-40,43H,8,13,15-21H2,1-7H3/b12-11+,14-9+,22-10+/t23-,24+,26+,27-,28-,29-,31+,32-,34-,35+/m0/s1. The lowest BCUT2D eigenvalue weighted by Gasteiger charge is -2.37. The number of nitrogens with one attached hydrogen (secondary N) is 1. The van der Waals surface area contributed by atoms with Crippen LogP contribution >= 0.6 is 0 Å². The number of allylic oxidation sites excluding steroid dienone is 2. The Bertz CT molecular complexity index is 1160. The molecule has 0 aromatic carbocycles. The molecule has 0 radical (unpaired) electrons. The van der Waals surface area contributed by atoms with Crippen LogP contribution in [0.3, 0.4) is 0 Å². The summed E-state index contributed by atoms with van der Waals surface area (Å²) in [5.41, 5.74) is -1.79. The van der Waals surface area contributed by atoms with Crippen LogP contribution in [-0.2, 0) is 28.5 Å². The zero-order chi connectivity index (χ0) is 34.9. The predicted molar refractivity (Wildman–Crippen MR) is 175 cm³/mol. The molecule has 12 nitrogen and oxygen atoms in total. The van der Waals surface area contributed by atoms with Gasteiger partial charge in [0, 0.05) is 51.4 Å². The molecule has 0 bridgehead atoms. The van der Waals surface area contributed by atoms with E-state index in [1.165, 1.54) is 6.92 Å². The van der Waals surface area contributed by atoms with Gasteiger partial charge in [0.1, 0.15) is 11.7 Å². The molecule has 4 N–H and O–H groups in total. The van der Waals surface area contributed by atoms with Crippen LogP contribution in [0.2, 0.25) is 0 Å². The smallest absolute Gasteiger partial charge is 0.410 e. The summed E-state index contributed by atoms with van der Waals surface area (Å²) in [7, 11) is 0. The molecule has 2 saturated heterocycles. The maximum atomic E-state index is 13.2. The van der Waals surface area contributed by atoms with E-state index in [4.69, 9.17) is 18.9 Å². The Morgan fingerprint density at radius 3 is 2.57 bits per heavy atom. The van der Waals surface area contributed by atoms with E-state index < -0.39 is 59.6 Å². The number of epoxide rings is 1. The molecule has 0 aliphatic carbocycles. The first kappa shape index (κ1) is 38.7. The number of nitrogens with zero attached hydrogens (tertiary/aromatic N) is 1. The van der Waals surface area contributed by atoms with E-state index in [0.29, 0.717) is 44.6 Å². The molecular weight excluding hydrogens is 608 g/mol. The van der Waals surface area contributed by atoms with E-state index in [1.54, 1.807) is 49.1 Å². The maximum Gasteiger partial charge on any atom is 0.410 e. The van der Waals surface area contributed by atoms with Gasteiger partial charge in [0.2, 0.25) is 0 Å². The lowest BCUT2D eigenvalue weighted by atomic mass is 9.88. The molecule has 2 fully saturated rings. The molecule has 12 heteroatoms. The Hall–Kier alpha value is -2.77. The van der Waals surface area contributed by atoms with Crippen LogP contribution in [0, 0.1) is 11.8 Å². The number of aliphatic hydroxyl groups is 3. The molecule has 266 valence electrons. The zero-order valence-corrected chi connectivity index (χ0v) is 29.0. The van der Waals surface area contributed by atoms with E-state index in [0.717, 1.165) is 0 Å². The van der Waals surface area contributed by atoms with Crippen molar-refractivity contribution in [2.75, 3.05) is 26.2 Å². The second-order valence-corrected chi connectivity index (χ2v) is 13.8. The SMILES string of the molecule is CC[C@H](O)[C@@H](C)[C@@H]1O[C@H]1C[C@@](C)(O)/C=C/C=C(\C)[C@H]1OC(=O)C[C@H](O)CC[C@@](C)(OC(C)=O)[C@@H](OC(=O)N2CCNCC2)/C=C/[C@@H]1C. The molecule has 3 rings (SSSR count). The zero-order valence-electron chi connectivity index (χ0n) is 29.0. The van der Waals surface area contributed by atoms with Crippen LogP contribution in [-0.4, -0.2) is 112 Å². The van der Waals surface area contributed by atoms with Gasteiger partial charge in [-0.3, -0.25) is 9.59 Å². The number of piperazine rings is 1. The summed E-state index contributed by atoms with van der Waals surface area (Å²) in [4.78, 5) is 39.9. The van der Waals surface area contributed by atoms with Crippen LogP contribution < -0.4 is 5.32 Å². The van der Waals surface area contributed by atoms with Gasteiger partial charge in [-0.25, -0.2) is 4.79 Å². The van der Waals surface area contributed by atoms with Gasteiger partial charge in [0.15, 0.2) is 6.10 Å². The second kappa shape index (κ2) is 17.1. The van der Waals surface area contributed by atoms with Crippen molar-refractivity contribution in [2.24, 2.45) is 11.8 Å². The molecule has 0 unspecified atom stereocenters. The lowest BCUT2D eigenvalue weighted by Crippen LogP contribution is -2.51. The number of carbonyl (C=O) groups is 3. The quantitative estimate of drug-likeness (QED) is 0.0891. The summed E-state index contributed by atoms with van der Waals surface area (Å²) in [6.07, 6.45) is 5.54. The summed E-state index contributed by atoms with van der Waals surface area (Å²) in [5.74, 6) is -1.57. The third-order valence-electron chi connectivity index (χ3n) is 9.33. The van der Waals surface area contributed by atoms with Gasteiger partial charge in [0.25, 0.3) is 0 Å². The molecule has 10 atom stereocenters. The molecule has 0 aromatic heterocycles. The lowest BCUT2D eigenvalue weighted by molar-refractivity contribution is -0.168. The van der Waals surface area contributed by atoms with Crippen LogP contribution in [0.4, 0.5) is 4.79 Å². The van der Waals surface area contributed by atoms with Crippen molar-refractivity contribution in [2.45, 2.75) is 128 Å².